The highest BCUT2D eigenvalue weighted by Crippen LogP contribution is 2.68. The summed E-state index contributed by atoms with van der Waals surface area (Å²) < 4.78 is 35.3. The van der Waals surface area contributed by atoms with Gasteiger partial charge in [0.25, 0.3) is 0 Å². The van der Waals surface area contributed by atoms with Gasteiger partial charge in [0.2, 0.25) is 0 Å². The Kier molecular flexibility index (Phi) is 15.8. The number of fused-ring (bicyclic) bond motifs is 9. The Hall–Kier alpha value is -8.37. The van der Waals surface area contributed by atoms with Crippen LogP contribution in [0.2, 0.25) is 0 Å². The molecule has 105 heavy (non-hydrogen) atoms. The van der Waals surface area contributed by atoms with Crippen molar-refractivity contribution >= 4 is 35.1 Å². The van der Waals surface area contributed by atoms with Crippen molar-refractivity contribution in [3.05, 3.63) is 250 Å². The van der Waals surface area contributed by atoms with Crippen LogP contribution in [0.25, 0.3) is 23.1 Å². The number of allylic oxidation sites excluding steroid dienone is 4. The summed E-state index contributed by atoms with van der Waals surface area (Å²) in [7, 11) is 1.54. The molecule has 7 aromatic rings. The number of esters is 2. The first kappa shape index (κ1) is 66.1. The third kappa shape index (κ3) is 9.79. The van der Waals surface area contributed by atoms with Gasteiger partial charge >= 0.3 is 17.6 Å². The maximum Gasteiger partial charge on any atom is 0.340 e. The maximum atomic E-state index is 16.9. The summed E-state index contributed by atoms with van der Waals surface area (Å²) in [4.78, 5) is 48.6. The van der Waals surface area contributed by atoms with Crippen LogP contribution in [0.4, 0.5) is 0 Å². The average Bonchev–Trinajstić information content (AvgIpc) is 1.67. The predicted octanol–water partition coefficient (Wildman–Crippen LogP) is 17.0. The molecule has 19 atom stereocenters. The number of carbonyl (C=O) groups is 2. The number of hydrogen-bond donors (Lipinski definition) is 3. The second-order valence-corrected chi connectivity index (χ2v) is 34.2. The number of ether oxygens (including phenoxy) is 4. The molecular weight excluding hydrogens is 1310 g/mol. The first-order valence-corrected chi connectivity index (χ1v) is 39.7. The summed E-state index contributed by atoms with van der Waals surface area (Å²) in [5, 5.41) is 34.2. The number of benzene rings is 6. The van der Waals surface area contributed by atoms with E-state index in [9.17, 15) is 15.3 Å². The van der Waals surface area contributed by atoms with E-state index in [-0.39, 0.29) is 120 Å². The van der Waals surface area contributed by atoms with Gasteiger partial charge in [-0.25, -0.2) is 9.59 Å². The van der Waals surface area contributed by atoms with E-state index in [0.717, 1.165) is 75.3 Å². The highest BCUT2D eigenvalue weighted by atomic mass is 16.6. The minimum atomic E-state index is -1.45. The molecule has 4 aliphatic heterocycles. The number of rotatable bonds is 7. The molecule has 0 radical (unpaired) electrons. The standard InChI is InChI=1S/C94H94O11/c1-51(48-96)72-46-74-69-31-24-57-42-73(69)61-43-76-80-47-75-68-14-5-4-10-55(68)40-58(84(75)76)22-27-62-11-6-7-36-93(62,81(74)44-61)63-25-18-52(19-26-63)38-53-17-20-54-21-28-64-12-8-13-65-29-32-70-67(15-9-16-78(70)94(64,65)79(54)39-53)56-23-30-66(57)60(41-56)45-83(98)102-88-86-82(105-92(80,2)89(88)104-90(72)99)34-33-71-77(49-97)85(91(100)103-87(71)86)59(35-37-95)50-101-3/h4-5,9-10,14-21,23-26,28,30-31,33-34,39-40,42,56,59-62,64-66,74-76,80-81,84,88-89,95-97H,6-8,11-13,29,32,35-38,41,43-50H2,1-3H3. The lowest BCUT2D eigenvalue weighted by Crippen LogP contribution is -2.59. The summed E-state index contributed by atoms with van der Waals surface area (Å²) in [6.07, 6.45) is 23.3. The summed E-state index contributed by atoms with van der Waals surface area (Å²) in [5.41, 5.74) is 17.1. The number of methoxy groups -OCH3 is 1. The van der Waals surface area contributed by atoms with Crippen molar-refractivity contribution in [3.8, 4) is 17.6 Å². The Morgan fingerprint density at radius 2 is 1.62 bits per heavy atom. The monoisotopic (exact) mass is 1400 g/mol. The van der Waals surface area contributed by atoms with Crippen molar-refractivity contribution in [1.82, 2.24) is 0 Å². The molecule has 11 nitrogen and oxygen atoms in total. The molecule has 3 N–H and O–H groups in total. The van der Waals surface area contributed by atoms with Crippen LogP contribution in [-0.4, -0.2) is 65.9 Å². The van der Waals surface area contributed by atoms with Crippen molar-refractivity contribution in [3.63, 3.8) is 0 Å². The molecule has 6 aromatic carbocycles. The van der Waals surface area contributed by atoms with Crippen LogP contribution in [0.3, 0.4) is 0 Å². The zero-order valence-corrected chi connectivity index (χ0v) is 60.6. The number of aliphatic hydroxyl groups is 3. The van der Waals surface area contributed by atoms with E-state index < -0.39 is 59.9 Å². The molecule has 536 valence electrons. The summed E-state index contributed by atoms with van der Waals surface area (Å²) in [6.45, 7) is 2.82. The SMILES string of the molecule is COCC(CCO)c1c(CO)c2ccc3c(c2oc1=O)C1OC(=O)CC2CC4C=CC2c2ccc5c(c2)C2CC6C7C8=Cc9ccccc9C7CC6C(C)(O3)C1OC(=O)C(=C(C)CO)CC5C(C2)C1(CCCCC1C#C8)c1ccc(cc1)Cc1ccc2c(c1)C13c5cccc4c5CCC1CCCC3C=C2. The van der Waals surface area contributed by atoms with E-state index >= 15 is 14.4 Å². The Bertz CT molecular complexity index is 5050. The molecule has 1 aromatic heterocycles. The molecule has 14 aliphatic carbocycles. The van der Waals surface area contributed by atoms with Crippen LogP contribution in [0, 0.1) is 59.2 Å². The predicted molar refractivity (Wildman–Crippen MR) is 404 cm³/mol. The maximum absolute atomic E-state index is 16.9. The molecule has 21 bridgehead atoms. The Morgan fingerprint density at radius 1 is 0.752 bits per heavy atom. The first-order valence-electron chi connectivity index (χ1n) is 39.7. The summed E-state index contributed by atoms with van der Waals surface area (Å²) in [5.74, 6) is 6.52. The summed E-state index contributed by atoms with van der Waals surface area (Å²) in [6, 6.07) is 44.3. The van der Waals surface area contributed by atoms with Crippen LogP contribution in [0.5, 0.6) is 5.75 Å². The van der Waals surface area contributed by atoms with Gasteiger partial charge in [-0.3, -0.25) is 4.79 Å². The van der Waals surface area contributed by atoms with Gasteiger partial charge in [0.1, 0.15) is 11.3 Å². The second-order valence-electron chi connectivity index (χ2n) is 34.2. The van der Waals surface area contributed by atoms with Gasteiger partial charge in [-0.2, -0.15) is 0 Å². The topological polar surface area (TPSA) is 162 Å². The van der Waals surface area contributed by atoms with E-state index in [1.54, 1.807) is 0 Å². The van der Waals surface area contributed by atoms with E-state index in [1.807, 2.05) is 19.1 Å². The fourth-order valence-electron chi connectivity index (χ4n) is 25.4. The van der Waals surface area contributed by atoms with Crippen molar-refractivity contribution in [2.24, 2.45) is 47.3 Å². The third-order valence-corrected chi connectivity index (χ3v) is 29.8. The van der Waals surface area contributed by atoms with Gasteiger partial charge in [0.05, 0.1) is 25.4 Å². The second kappa shape index (κ2) is 25.1. The zero-order valence-electron chi connectivity index (χ0n) is 60.6. The summed E-state index contributed by atoms with van der Waals surface area (Å²) >= 11 is 0. The van der Waals surface area contributed by atoms with Gasteiger partial charge in [-0.1, -0.05) is 159 Å². The van der Waals surface area contributed by atoms with Gasteiger partial charge in [0, 0.05) is 88.6 Å². The Balaban J connectivity index is 0.888. The zero-order chi connectivity index (χ0) is 70.9. The highest BCUT2D eigenvalue weighted by Gasteiger charge is 2.65. The Morgan fingerprint density at radius 3 is 2.48 bits per heavy atom. The first-order chi connectivity index (χ1) is 51.3. The van der Waals surface area contributed by atoms with Crippen molar-refractivity contribution in [1.29, 1.82) is 0 Å². The fourth-order valence-corrected chi connectivity index (χ4v) is 25.4. The lowest BCUT2D eigenvalue weighted by atomic mass is 9.48. The third-order valence-electron chi connectivity index (χ3n) is 29.8. The molecule has 25 rings (SSSR count). The number of aliphatic hydroxyl groups excluding tert-OH is 3. The van der Waals surface area contributed by atoms with Crippen LogP contribution < -0.4 is 10.4 Å². The molecule has 1 saturated heterocycles. The minimum absolute atomic E-state index is 0.0165. The quantitative estimate of drug-likeness (QED) is 0.0458. The van der Waals surface area contributed by atoms with Crippen LogP contribution in [0.15, 0.2) is 159 Å². The van der Waals surface area contributed by atoms with E-state index in [4.69, 9.17) is 23.4 Å². The molecule has 18 aliphatic rings. The molecule has 0 amide bonds. The number of carbonyl (C=O) groups excluding carboxylic acids is 2. The van der Waals surface area contributed by atoms with E-state index in [0.29, 0.717) is 52.5 Å². The molecule has 2 spiro atoms. The van der Waals surface area contributed by atoms with E-state index in [2.05, 4.69) is 152 Å². The van der Waals surface area contributed by atoms with Crippen molar-refractivity contribution in [2.75, 3.05) is 26.9 Å². The molecular formula is C94H94O11. The van der Waals surface area contributed by atoms with Gasteiger partial charge in [-0.15, -0.1) is 0 Å². The van der Waals surface area contributed by atoms with Gasteiger partial charge in [0.15, 0.2) is 17.8 Å². The molecule has 19 unspecified atom stereocenters. The lowest BCUT2D eigenvalue weighted by molar-refractivity contribution is -0.202. The normalized spacial score (nSPS) is 34.4. The van der Waals surface area contributed by atoms with Crippen LogP contribution in [-0.2, 0) is 54.1 Å². The smallest absolute Gasteiger partial charge is 0.340 e. The average molecular weight is 1400 g/mol. The molecule has 11 heteroatoms. The van der Waals surface area contributed by atoms with E-state index in [1.165, 1.54) is 86.7 Å². The number of hydrogen-bond acceptors (Lipinski definition) is 11. The van der Waals surface area contributed by atoms with Crippen molar-refractivity contribution in [2.45, 2.75) is 194 Å². The molecule has 3 saturated carbocycles. The fraction of sp³-hybridized carbons (Fsp3) is 0.457. The highest BCUT2D eigenvalue weighted by molar-refractivity contribution is 5.91. The van der Waals surface area contributed by atoms with Gasteiger partial charge in [-0.05, 0) is 246 Å². The Labute approximate surface area is 615 Å². The van der Waals surface area contributed by atoms with Crippen LogP contribution in [0.1, 0.15) is 241 Å². The van der Waals surface area contributed by atoms with Gasteiger partial charge < -0.3 is 38.7 Å². The molecule has 5 heterocycles. The van der Waals surface area contributed by atoms with Crippen LogP contribution >= 0.6 is 0 Å². The largest absolute Gasteiger partial charge is 0.483 e. The lowest BCUT2D eigenvalue weighted by Gasteiger charge is -2.55. The minimum Gasteiger partial charge on any atom is -0.483 e. The molecule has 4 fully saturated rings. The van der Waals surface area contributed by atoms with Crippen molar-refractivity contribution < 1.29 is 48.3 Å².